The van der Waals surface area contributed by atoms with Gasteiger partial charge in [-0.1, -0.05) is 19.8 Å². The van der Waals surface area contributed by atoms with Gasteiger partial charge in [-0.25, -0.2) is 0 Å². The molecule has 0 radical (unpaired) electrons. The normalized spacial score (nSPS) is 26.5. The second kappa shape index (κ2) is 7.98. The first-order chi connectivity index (χ1) is 8.17. The van der Waals surface area contributed by atoms with Crippen molar-refractivity contribution in [3.8, 4) is 0 Å². The molecule has 0 amide bonds. The molecule has 17 heavy (non-hydrogen) atoms. The van der Waals surface area contributed by atoms with E-state index < -0.39 is 0 Å². The first kappa shape index (κ1) is 14.8. The van der Waals surface area contributed by atoms with Gasteiger partial charge in [-0.05, 0) is 32.7 Å². The summed E-state index contributed by atoms with van der Waals surface area (Å²) in [5.41, 5.74) is 0. The molecule has 3 unspecified atom stereocenters. The van der Waals surface area contributed by atoms with Crippen molar-refractivity contribution < 1.29 is 9.53 Å². The van der Waals surface area contributed by atoms with Gasteiger partial charge in [-0.2, -0.15) is 11.8 Å². The van der Waals surface area contributed by atoms with Crippen molar-refractivity contribution in [2.75, 3.05) is 19.4 Å². The van der Waals surface area contributed by atoms with Crippen LogP contribution in [0, 0.1) is 5.92 Å². The van der Waals surface area contributed by atoms with E-state index in [2.05, 4.69) is 12.2 Å². The van der Waals surface area contributed by atoms with Crippen molar-refractivity contribution in [3.63, 3.8) is 0 Å². The fourth-order valence-electron chi connectivity index (χ4n) is 2.27. The quantitative estimate of drug-likeness (QED) is 0.744. The Morgan fingerprint density at radius 2 is 2.29 bits per heavy atom. The molecule has 1 saturated carbocycles. The summed E-state index contributed by atoms with van der Waals surface area (Å²) in [4.78, 5) is 11.6. The van der Waals surface area contributed by atoms with Gasteiger partial charge in [0.05, 0.1) is 6.61 Å². The van der Waals surface area contributed by atoms with Gasteiger partial charge >= 0.3 is 5.97 Å². The molecule has 4 heteroatoms. The van der Waals surface area contributed by atoms with E-state index in [0.717, 1.165) is 16.9 Å². The van der Waals surface area contributed by atoms with Gasteiger partial charge < -0.3 is 10.1 Å². The van der Waals surface area contributed by atoms with E-state index in [1.807, 2.05) is 25.7 Å². The number of carbonyl (C=O) groups is 1. The predicted octanol–water partition coefficient (Wildman–Crippen LogP) is 2.45. The van der Waals surface area contributed by atoms with Crippen LogP contribution in [0.15, 0.2) is 0 Å². The van der Waals surface area contributed by atoms with Crippen molar-refractivity contribution >= 4 is 17.7 Å². The number of nitrogens with one attached hydrogen (secondary N) is 1. The van der Waals surface area contributed by atoms with Gasteiger partial charge in [0.25, 0.3) is 0 Å². The van der Waals surface area contributed by atoms with E-state index in [1.165, 1.54) is 25.7 Å². The molecule has 1 aliphatic carbocycles. The second-order valence-electron chi connectivity index (χ2n) is 4.82. The Labute approximate surface area is 109 Å². The molecule has 0 aromatic carbocycles. The van der Waals surface area contributed by atoms with E-state index in [1.54, 1.807) is 0 Å². The third-order valence-electron chi connectivity index (χ3n) is 3.31. The number of hydrogen-bond donors (Lipinski definition) is 1. The highest BCUT2D eigenvalue weighted by Crippen LogP contribution is 2.32. The van der Waals surface area contributed by atoms with E-state index in [0.29, 0.717) is 6.61 Å². The van der Waals surface area contributed by atoms with Crippen molar-refractivity contribution in [3.05, 3.63) is 0 Å². The highest BCUT2D eigenvalue weighted by Gasteiger charge is 2.23. The molecule has 3 nitrogen and oxygen atoms in total. The fraction of sp³-hybridized carbons (Fsp3) is 0.923. The summed E-state index contributed by atoms with van der Waals surface area (Å²) in [5.74, 6) is 1.55. The third-order valence-corrected chi connectivity index (χ3v) is 4.73. The standard InChI is InChI=1S/C13H25NO2S/c1-4-16-13(15)12(14-3)9-17-11-7-5-6-10(2)8-11/h10-12,14H,4-9H2,1-3H3. The highest BCUT2D eigenvalue weighted by atomic mass is 32.2. The third kappa shape index (κ3) is 5.30. The number of rotatable bonds is 6. The van der Waals surface area contributed by atoms with E-state index in [4.69, 9.17) is 4.74 Å². The lowest BCUT2D eigenvalue weighted by Gasteiger charge is -2.27. The Balaban J connectivity index is 2.29. The lowest BCUT2D eigenvalue weighted by molar-refractivity contribution is -0.144. The summed E-state index contributed by atoms with van der Waals surface area (Å²) >= 11 is 1.92. The molecular weight excluding hydrogens is 234 g/mol. The number of likely N-dealkylation sites (N-methyl/N-ethyl adjacent to an activating group) is 1. The number of esters is 1. The molecule has 100 valence electrons. The van der Waals surface area contributed by atoms with Crippen LogP contribution in [0.5, 0.6) is 0 Å². The van der Waals surface area contributed by atoms with Crippen LogP contribution in [0.1, 0.15) is 39.5 Å². The number of carbonyl (C=O) groups excluding carboxylic acids is 1. The Kier molecular flexibility index (Phi) is 6.97. The average molecular weight is 259 g/mol. The van der Waals surface area contributed by atoms with Gasteiger partial charge in [0.2, 0.25) is 0 Å². The topological polar surface area (TPSA) is 38.3 Å². The van der Waals surface area contributed by atoms with Crippen LogP contribution in [0.3, 0.4) is 0 Å². The maximum Gasteiger partial charge on any atom is 0.323 e. The molecule has 1 rings (SSSR count). The molecule has 3 atom stereocenters. The zero-order valence-electron chi connectivity index (χ0n) is 11.2. The Hall–Kier alpha value is -0.220. The summed E-state index contributed by atoms with van der Waals surface area (Å²) in [7, 11) is 1.83. The van der Waals surface area contributed by atoms with Crippen molar-refractivity contribution in [2.45, 2.75) is 50.8 Å². The molecule has 1 fully saturated rings. The van der Waals surface area contributed by atoms with Crippen LogP contribution in [0.2, 0.25) is 0 Å². The van der Waals surface area contributed by atoms with Crippen LogP contribution in [0.4, 0.5) is 0 Å². The molecule has 0 spiro atoms. The Morgan fingerprint density at radius 3 is 2.88 bits per heavy atom. The van der Waals surface area contributed by atoms with Crippen LogP contribution < -0.4 is 5.32 Å². The summed E-state index contributed by atoms with van der Waals surface area (Å²) in [6.07, 6.45) is 5.30. The average Bonchev–Trinajstić information content (AvgIpc) is 2.30. The molecule has 0 bridgehead atoms. The SMILES string of the molecule is CCOC(=O)C(CSC1CCCC(C)C1)NC. The van der Waals surface area contributed by atoms with Crippen LogP contribution in [0.25, 0.3) is 0 Å². The highest BCUT2D eigenvalue weighted by molar-refractivity contribution is 7.99. The number of ether oxygens (including phenoxy) is 1. The minimum atomic E-state index is -0.155. The summed E-state index contributed by atoms with van der Waals surface area (Å²) in [6, 6.07) is -0.155. The maximum atomic E-state index is 11.6. The summed E-state index contributed by atoms with van der Waals surface area (Å²) in [5, 5.41) is 3.77. The Bertz CT molecular complexity index is 235. The molecule has 1 aliphatic rings. The summed E-state index contributed by atoms with van der Waals surface area (Å²) in [6.45, 7) is 4.64. The van der Waals surface area contributed by atoms with Crippen LogP contribution in [-0.2, 0) is 9.53 Å². The van der Waals surface area contributed by atoms with Gasteiger partial charge in [0.15, 0.2) is 0 Å². The van der Waals surface area contributed by atoms with Crippen molar-refractivity contribution in [1.29, 1.82) is 0 Å². The second-order valence-corrected chi connectivity index (χ2v) is 6.15. The lowest BCUT2D eigenvalue weighted by Crippen LogP contribution is -2.38. The maximum absolute atomic E-state index is 11.6. The van der Waals surface area contributed by atoms with Gasteiger partial charge in [0, 0.05) is 11.0 Å². The monoisotopic (exact) mass is 259 g/mol. The molecule has 0 aromatic rings. The summed E-state index contributed by atoms with van der Waals surface area (Å²) < 4.78 is 5.04. The molecule has 1 N–H and O–H groups in total. The predicted molar refractivity (Wildman–Crippen MR) is 73.4 cm³/mol. The van der Waals surface area contributed by atoms with Crippen molar-refractivity contribution in [1.82, 2.24) is 5.32 Å². The van der Waals surface area contributed by atoms with Crippen molar-refractivity contribution in [2.24, 2.45) is 5.92 Å². The van der Waals surface area contributed by atoms with Crippen LogP contribution >= 0.6 is 11.8 Å². The number of hydrogen-bond acceptors (Lipinski definition) is 4. The minimum Gasteiger partial charge on any atom is -0.465 e. The van der Waals surface area contributed by atoms with E-state index in [9.17, 15) is 4.79 Å². The van der Waals surface area contributed by atoms with E-state index in [-0.39, 0.29) is 12.0 Å². The Morgan fingerprint density at radius 1 is 1.53 bits per heavy atom. The zero-order valence-corrected chi connectivity index (χ0v) is 12.0. The first-order valence-corrected chi connectivity index (χ1v) is 7.67. The zero-order chi connectivity index (χ0) is 12.7. The molecule has 0 heterocycles. The fourth-order valence-corrected chi connectivity index (χ4v) is 3.84. The van der Waals surface area contributed by atoms with Gasteiger partial charge in [-0.15, -0.1) is 0 Å². The molecule has 0 aliphatic heterocycles. The number of thioether (sulfide) groups is 1. The first-order valence-electron chi connectivity index (χ1n) is 6.62. The van der Waals surface area contributed by atoms with Crippen LogP contribution in [-0.4, -0.2) is 36.7 Å². The minimum absolute atomic E-state index is 0.119. The van der Waals surface area contributed by atoms with Gasteiger partial charge in [-0.3, -0.25) is 4.79 Å². The molecule has 0 saturated heterocycles. The molecule has 0 aromatic heterocycles. The van der Waals surface area contributed by atoms with Gasteiger partial charge in [0.1, 0.15) is 6.04 Å². The molecular formula is C13H25NO2S. The smallest absolute Gasteiger partial charge is 0.323 e. The van der Waals surface area contributed by atoms with E-state index >= 15 is 0 Å². The largest absolute Gasteiger partial charge is 0.465 e. The lowest BCUT2D eigenvalue weighted by atomic mass is 9.91.